The Kier molecular flexibility index (Phi) is 8.50. The lowest BCUT2D eigenvalue weighted by Crippen LogP contribution is -2.39. The van der Waals surface area contributed by atoms with Crippen molar-refractivity contribution in [2.24, 2.45) is 5.10 Å². The molecule has 0 atom stereocenters. The topological polar surface area (TPSA) is 108 Å². The summed E-state index contributed by atoms with van der Waals surface area (Å²) in [5.41, 5.74) is 4.25. The van der Waals surface area contributed by atoms with Crippen LogP contribution in [0.2, 0.25) is 10.0 Å². The largest absolute Gasteiger partial charge is 0.326 e. The van der Waals surface area contributed by atoms with E-state index in [4.69, 9.17) is 23.2 Å². The van der Waals surface area contributed by atoms with Crippen LogP contribution in [0.1, 0.15) is 19.4 Å². The summed E-state index contributed by atoms with van der Waals surface area (Å²) < 4.78 is 27.6. The van der Waals surface area contributed by atoms with Crippen LogP contribution in [0, 0.1) is 0 Å². The molecule has 0 aliphatic carbocycles. The minimum Gasteiger partial charge on any atom is -0.326 e. The van der Waals surface area contributed by atoms with Gasteiger partial charge in [-0.1, -0.05) is 53.5 Å². The zero-order valence-electron chi connectivity index (χ0n) is 18.8. The lowest BCUT2D eigenvalue weighted by atomic mass is 10.1. The van der Waals surface area contributed by atoms with E-state index in [-0.39, 0.29) is 26.5 Å². The molecule has 0 bridgehead atoms. The highest BCUT2D eigenvalue weighted by molar-refractivity contribution is 7.92. The Morgan fingerprint density at radius 3 is 2.29 bits per heavy atom. The second-order valence-electron chi connectivity index (χ2n) is 7.42. The van der Waals surface area contributed by atoms with Crippen molar-refractivity contribution in [3.05, 3.63) is 88.4 Å². The zero-order valence-corrected chi connectivity index (χ0v) is 21.2. The lowest BCUT2D eigenvalue weighted by Gasteiger charge is -2.24. The van der Waals surface area contributed by atoms with Crippen molar-refractivity contribution in [3.8, 4) is 0 Å². The molecule has 2 amide bonds. The van der Waals surface area contributed by atoms with Crippen LogP contribution in [0.25, 0.3) is 0 Å². The van der Waals surface area contributed by atoms with Crippen LogP contribution in [0.5, 0.6) is 0 Å². The molecule has 2 N–H and O–H groups in total. The fourth-order valence-corrected chi connectivity index (χ4v) is 4.80. The summed E-state index contributed by atoms with van der Waals surface area (Å²) in [7, 11) is -4.10. The summed E-state index contributed by atoms with van der Waals surface area (Å²) >= 11 is 12.1. The minimum atomic E-state index is -4.10. The second-order valence-corrected chi connectivity index (χ2v) is 10.1. The molecule has 3 aromatic rings. The zero-order chi connectivity index (χ0) is 25.6. The predicted octanol–water partition coefficient (Wildman–Crippen LogP) is 4.69. The Morgan fingerprint density at radius 1 is 0.914 bits per heavy atom. The highest BCUT2D eigenvalue weighted by Crippen LogP contribution is 2.30. The summed E-state index contributed by atoms with van der Waals surface area (Å²) in [5, 5.41) is 7.15. The van der Waals surface area contributed by atoms with Gasteiger partial charge in [-0.05, 0) is 55.0 Å². The van der Waals surface area contributed by atoms with E-state index in [1.165, 1.54) is 37.3 Å². The van der Waals surface area contributed by atoms with Gasteiger partial charge in [0.15, 0.2) is 0 Å². The molecule has 182 valence electrons. The van der Waals surface area contributed by atoms with E-state index in [0.29, 0.717) is 17.0 Å². The number of benzene rings is 3. The fraction of sp³-hybridized carbons (Fsp3) is 0.125. The first kappa shape index (κ1) is 26.2. The number of carbonyl (C=O) groups excluding carboxylic acids is 2. The van der Waals surface area contributed by atoms with Gasteiger partial charge in [0.25, 0.3) is 15.9 Å². The van der Waals surface area contributed by atoms with E-state index in [1.807, 2.05) is 0 Å². The van der Waals surface area contributed by atoms with Gasteiger partial charge in [-0.15, -0.1) is 0 Å². The minimum absolute atomic E-state index is 0.00772. The monoisotopic (exact) mass is 532 g/mol. The van der Waals surface area contributed by atoms with E-state index >= 15 is 0 Å². The van der Waals surface area contributed by atoms with E-state index in [9.17, 15) is 18.0 Å². The van der Waals surface area contributed by atoms with Crippen LogP contribution in [0.15, 0.2) is 82.8 Å². The maximum absolute atomic E-state index is 13.3. The number of carbonyl (C=O) groups is 2. The number of hydrogen-bond donors (Lipinski definition) is 2. The molecule has 35 heavy (non-hydrogen) atoms. The molecule has 11 heteroatoms. The predicted molar refractivity (Wildman–Crippen MR) is 139 cm³/mol. The van der Waals surface area contributed by atoms with Crippen molar-refractivity contribution in [2.75, 3.05) is 16.2 Å². The molecule has 0 saturated heterocycles. The maximum Gasteiger partial charge on any atom is 0.264 e. The molecular formula is C24H22Cl2N4O4S. The number of amides is 2. The van der Waals surface area contributed by atoms with E-state index in [1.54, 1.807) is 49.4 Å². The van der Waals surface area contributed by atoms with Crippen LogP contribution in [0.3, 0.4) is 0 Å². The molecule has 0 aliphatic heterocycles. The highest BCUT2D eigenvalue weighted by Gasteiger charge is 2.27. The molecule has 0 aliphatic rings. The van der Waals surface area contributed by atoms with Gasteiger partial charge in [0.2, 0.25) is 5.91 Å². The Morgan fingerprint density at radius 2 is 1.63 bits per heavy atom. The number of hydrazone groups is 1. The Hall–Kier alpha value is -3.40. The first-order valence-corrected chi connectivity index (χ1v) is 12.5. The average molecular weight is 533 g/mol. The quantitative estimate of drug-likeness (QED) is 0.324. The van der Waals surface area contributed by atoms with Crippen molar-refractivity contribution in [2.45, 2.75) is 18.7 Å². The van der Waals surface area contributed by atoms with Crippen LogP contribution in [0.4, 0.5) is 11.4 Å². The lowest BCUT2D eigenvalue weighted by molar-refractivity contribution is -0.119. The molecule has 3 aromatic carbocycles. The molecule has 0 heterocycles. The van der Waals surface area contributed by atoms with Crippen molar-refractivity contribution in [1.29, 1.82) is 0 Å². The molecule has 8 nitrogen and oxygen atoms in total. The molecule has 0 radical (unpaired) electrons. The van der Waals surface area contributed by atoms with Crippen molar-refractivity contribution in [1.82, 2.24) is 5.43 Å². The molecule has 0 fully saturated rings. The van der Waals surface area contributed by atoms with Gasteiger partial charge in [0.05, 0.1) is 26.3 Å². The number of nitrogens with zero attached hydrogens (tertiary/aromatic N) is 2. The molecule has 0 spiro atoms. The van der Waals surface area contributed by atoms with Crippen LogP contribution in [-0.2, 0) is 19.6 Å². The molecule has 0 aromatic heterocycles. The second kappa shape index (κ2) is 11.4. The van der Waals surface area contributed by atoms with Gasteiger partial charge < -0.3 is 5.32 Å². The highest BCUT2D eigenvalue weighted by atomic mass is 35.5. The smallest absolute Gasteiger partial charge is 0.264 e. The summed E-state index contributed by atoms with van der Waals surface area (Å²) in [4.78, 5) is 24.1. The summed E-state index contributed by atoms with van der Waals surface area (Å²) in [6.07, 6.45) is 0. The van der Waals surface area contributed by atoms with Crippen LogP contribution in [-0.4, -0.2) is 32.5 Å². The van der Waals surface area contributed by atoms with Crippen molar-refractivity contribution in [3.63, 3.8) is 0 Å². The SMILES string of the molecule is CC(=O)Nc1cccc(/C(C)=N/NC(=O)CN(c2ccc(Cl)c(Cl)c2)S(=O)(=O)c2ccccc2)c1. The fourth-order valence-electron chi connectivity index (χ4n) is 3.08. The van der Waals surface area contributed by atoms with Crippen molar-refractivity contribution >= 4 is 62.1 Å². The van der Waals surface area contributed by atoms with Crippen molar-refractivity contribution < 1.29 is 18.0 Å². The van der Waals surface area contributed by atoms with E-state index in [2.05, 4.69) is 15.8 Å². The number of halogens is 2. The van der Waals surface area contributed by atoms with E-state index in [0.717, 1.165) is 4.31 Å². The van der Waals surface area contributed by atoms with Crippen LogP contribution < -0.4 is 15.0 Å². The normalized spacial score (nSPS) is 11.6. The summed E-state index contributed by atoms with van der Waals surface area (Å²) in [6, 6.07) is 18.9. The number of hydrogen-bond acceptors (Lipinski definition) is 5. The van der Waals surface area contributed by atoms with Gasteiger partial charge in [-0.3, -0.25) is 13.9 Å². The molecular weight excluding hydrogens is 511 g/mol. The number of anilines is 2. The number of sulfonamides is 1. The number of rotatable bonds is 8. The standard InChI is InChI=1S/C24H22Cl2N4O4S/c1-16(18-7-6-8-19(13-18)27-17(2)31)28-29-24(32)15-30(20-11-12-22(25)23(26)14-20)35(33,34)21-9-4-3-5-10-21/h3-14H,15H2,1-2H3,(H,27,31)(H,29,32)/b28-16+. The summed E-state index contributed by atoms with van der Waals surface area (Å²) in [6.45, 7) is 2.51. The van der Waals surface area contributed by atoms with E-state index < -0.39 is 22.5 Å². The van der Waals surface area contributed by atoms with Gasteiger partial charge in [-0.2, -0.15) is 5.10 Å². The first-order valence-electron chi connectivity index (χ1n) is 10.3. The third-order valence-electron chi connectivity index (χ3n) is 4.76. The third-order valence-corrected chi connectivity index (χ3v) is 7.29. The Labute approximate surface area is 213 Å². The number of nitrogens with one attached hydrogen (secondary N) is 2. The average Bonchev–Trinajstić information content (AvgIpc) is 2.83. The Balaban J connectivity index is 1.85. The van der Waals surface area contributed by atoms with Crippen LogP contribution >= 0.6 is 23.2 Å². The Bertz CT molecular complexity index is 1380. The van der Waals surface area contributed by atoms with Gasteiger partial charge in [0, 0.05) is 12.6 Å². The third kappa shape index (κ3) is 6.82. The molecule has 0 unspecified atom stereocenters. The first-order chi connectivity index (χ1) is 16.6. The molecule has 0 saturated carbocycles. The maximum atomic E-state index is 13.3. The molecule has 3 rings (SSSR count). The summed E-state index contributed by atoms with van der Waals surface area (Å²) in [5.74, 6) is -0.889. The van der Waals surface area contributed by atoms with Gasteiger partial charge in [0.1, 0.15) is 6.54 Å². The van der Waals surface area contributed by atoms with Gasteiger partial charge >= 0.3 is 0 Å². The van der Waals surface area contributed by atoms with Gasteiger partial charge in [-0.25, -0.2) is 13.8 Å².